The molecule has 7 heteroatoms. The summed E-state index contributed by atoms with van der Waals surface area (Å²) in [7, 11) is 0. The van der Waals surface area contributed by atoms with E-state index in [9.17, 15) is 10.2 Å². The predicted molar refractivity (Wildman–Crippen MR) is 70.7 cm³/mol. The predicted octanol–water partition coefficient (Wildman–Crippen LogP) is 1.51. The lowest BCUT2D eigenvalue weighted by Gasteiger charge is -2.02. The zero-order valence-electron chi connectivity index (χ0n) is 9.15. The first-order valence-corrected chi connectivity index (χ1v) is 5.40. The van der Waals surface area contributed by atoms with Gasteiger partial charge in [-0.3, -0.25) is 0 Å². The van der Waals surface area contributed by atoms with Gasteiger partial charge in [-0.2, -0.15) is 4.98 Å². The van der Waals surface area contributed by atoms with Crippen LogP contribution in [0.3, 0.4) is 0 Å². The monoisotopic (exact) mass is 262 g/mol. The molecule has 18 heavy (non-hydrogen) atoms. The fraction of sp³-hybridized carbons (Fsp3) is 0. The number of aliphatic imine (C=N–C) groups is 1. The lowest BCUT2D eigenvalue weighted by Crippen LogP contribution is -1.94. The van der Waals surface area contributed by atoms with Crippen LogP contribution in [0.2, 0.25) is 0 Å². The van der Waals surface area contributed by atoms with Crippen molar-refractivity contribution in [1.29, 1.82) is 0 Å². The van der Waals surface area contributed by atoms with Gasteiger partial charge in [0.15, 0.2) is 16.7 Å². The Bertz CT molecular complexity index is 593. The molecule has 0 bridgehead atoms. The molecule has 0 aliphatic heterocycles. The largest absolute Gasteiger partial charge is 0.507 e. The molecule has 0 saturated carbocycles. The van der Waals surface area contributed by atoms with Crippen molar-refractivity contribution in [2.45, 2.75) is 5.16 Å². The maximum Gasteiger partial charge on any atom is 0.243 e. The van der Waals surface area contributed by atoms with Gasteiger partial charge in [-0.25, -0.2) is 9.98 Å². The van der Waals surface area contributed by atoms with Crippen molar-refractivity contribution in [2.24, 2.45) is 4.99 Å². The highest BCUT2D eigenvalue weighted by atomic mass is 32.1. The number of phenolic OH excluding ortho intramolecular Hbond substituents is 1. The number of phenols is 1. The number of benzene rings is 1. The number of aromatic nitrogens is 2. The number of rotatable bonds is 2. The summed E-state index contributed by atoms with van der Waals surface area (Å²) in [6.45, 7) is 0. The molecule has 0 spiro atoms. The molecule has 1 aromatic carbocycles. The average Bonchev–Trinajstić information content (AvgIpc) is 2.30. The van der Waals surface area contributed by atoms with Gasteiger partial charge >= 0.3 is 0 Å². The van der Waals surface area contributed by atoms with E-state index in [0.717, 1.165) is 0 Å². The molecule has 0 aliphatic rings. The molecule has 1 heterocycles. The van der Waals surface area contributed by atoms with Crippen LogP contribution in [0.25, 0.3) is 0 Å². The molecule has 0 unspecified atom stereocenters. The Morgan fingerprint density at radius 2 is 1.94 bits per heavy atom. The lowest BCUT2D eigenvalue weighted by atomic mass is 10.2. The first-order chi connectivity index (χ1) is 8.58. The topological polar surface area (TPSA) is 105 Å². The Balaban J connectivity index is 2.38. The van der Waals surface area contributed by atoms with Crippen LogP contribution in [-0.4, -0.2) is 26.4 Å². The minimum Gasteiger partial charge on any atom is -0.507 e. The average molecular weight is 262 g/mol. The summed E-state index contributed by atoms with van der Waals surface area (Å²) in [4.78, 5) is 11.3. The Labute approximate surface area is 108 Å². The van der Waals surface area contributed by atoms with Gasteiger partial charge in [0.1, 0.15) is 5.75 Å². The summed E-state index contributed by atoms with van der Waals surface area (Å²) in [5, 5.41) is 19.2. The zero-order valence-corrected chi connectivity index (χ0v) is 10.0. The first-order valence-electron chi connectivity index (χ1n) is 4.95. The van der Waals surface area contributed by atoms with E-state index in [4.69, 9.17) is 5.73 Å². The normalized spacial score (nSPS) is 10.9. The molecule has 0 aliphatic carbocycles. The van der Waals surface area contributed by atoms with Crippen LogP contribution < -0.4 is 5.73 Å². The van der Waals surface area contributed by atoms with Gasteiger partial charge in [-0.15, -0.1) is 12.6 Å². The third kappa shape index (κ3) is 2.51. The maximum atomic E-state index is 9.56. The SMILES string of the molecule is Nc1nc(S)nc(O)c1N=Cc1ccccc1O. The first kappa shape index (κ1) is 12.2. The third-order valence-electron chi connectivity index (χ3n) is 2.15. The van der Waals surface area contributed by atoms with Crippen LogP contribution >= 0.6 is 12.6 Å². The number of anilines is 1. The number of aromatic hydroxyl groups is 2. The molecule has 92 valence electrons. The number of thiol groups is 1. The maximum absolute atomic E-state index is 9.56. The van der Waals surface area contributed by atoms with Crippen molar-refractivity contribution in [2.75, 3.05) is 5.73 Å². The molecule has 0 fully saturated rings. The van der Waals surface area contributed by atoms with Gasteiger partial charge in [0.05, 0.1) is 0 Å². The van der Waals surface area contributed by atoms with Gasteiger partial charge in [0, 0.05) is 11.8 Å². The second-order valence-corrected chi connectivity index (χ2v) is 3.80. The van der Waals surface area contributed by atoms with Crippen LogP contribution in [0.1, 0.15) is 5.56 Å². The van der Waals surface area contributed by atoms with Crippen molar-refractivity contribution in [3.63, 3.8) is 0 Å². The molecule has 0 atom stereocenters. The zero-order chi connectivity index (χ0) is 13.1. The van der Waals surface area contributed by atoms with E-state index in [2.05, 4.69) is 27.6 Å². The van der Waals surface area contributed by atoms with E-state index in [1.54, 1.807) is 18.2 Å². The molecule has 0 saturated heterocycles. The van der Waals surface area contributed by atoms with E-state index in [1.165, 1.54) is 12.3 Å². The minimum absolute atomic E-state index is 0.0131. The van der Waals surface area contributed by atoms with E-state index in [-0.39, 0.29) is 28.3 Å². The van der Waals surface area contributed by atoms with Crippen LogP contribution in [0.15, 0.2) is 34.4 Å². The smallest absolute Gasteiger partial charge is 0.243 e. The molecule has 2 rings (SSSR count). The summed E-state index contributed by atoms with van der Waals surface area (Å²) in [5.41, 5.74) is 6.12. The summed E-state index contributed by atoms with van der Waals surface area (Å²) in [5.74, 6) is -0.274. The molecule has 6 nitrogen and oxygen atoms in total. The van der Waals surface area contributed by atoms with Crippen LogP contribution in [-0.2, 0) is 0 Å². The molecular weight excluding hydrogens is 252 g/mol. The van der Waals surface area contributed by atoms with Gasteiger partial charge in [-0.1, -0.05) is 12.1 Å². The Hall–Kier alpha value is -2.28. The number of nitrogen functional groups attached to an aromatic ring is 1. The molecule has 1 aromatic heterocycles. The molecule has 0 amide bonds. The highest BCUT2D eigenvalue weighted by Crippen LogP contribution is 2.30. The van der Waals surface area contributed by atoms with Gasteiger partial charge in [-0.05, 0) is 12.1 Å². The van der Waals surface area contributed by atoms with Crippen molar-refractivity contribution in [1.82, 2.24) is 9.97 Å². The second kappa shape index (κ2) is 4.92. The van der Waals surface area contributed by atoms with Crippen LogP contribution in [0, 0.1) is 0 Å². The van der Waals surface area contributed by atoms with Gasteiger partial charge in [0.2, 0.25) is 5.88 Å². The van der Waals surface area contributed by atoms with Crippen LogP contribution in [0.4, 0.5) is 11.5 Å². The summed E-state index contributed by atoms with van der Waals surface area (Å²) < 4.78 is 0. The summed E-state index contributed by atoms with van der Waals surface area (Å²) in [6.07, 6.45) is 1.36. The Kier molecular flexibility index (Phi) is 3.33. The van der Waals surface area contributed by atoms with E-state index < -0.39 is 0 Å². The number of nitrogens with two attached hydrogens (primary N) is 1. The molecule has 2 aromatic rings. The Morgan fingerprint density at radius 1 is 1.22 bits per heavy atom. The van der Waals surface area contributed by atoms with Crippen LogP contribution in [0.5, 0.6) is 11.6 Å². The number of para-hydroxylation sites is 1. The summed E-state index contributed by atoms with van der Waals surface area (Å²) >= 11 is 3.87. The highest BCUT2D eigenvalue weighted by Gasteiger charge is 2.08. The van der Waals surface area contributed by atoms with Crippen molar-refractivity contribution >= 4 is 30.3 Å². The quantitative estimate of drug-likeness (QED) is 0.373. The third-order valence-corrected chi connectivity index (χ3v) is 2.35. The second-order valence-electron chi connectivity index (χ2n) is 3.40. The molecule has 4 N–H and O–H groups in total. The van der Waals surface area contributed by atoms with E-state index >= 15 is 0 Å². The minimum atomic E-state index is -0.362. The van der Waals surface area contributed by atoms with E-state index in [0.29, 0.717) is 5.56 Å². The van der Waals surface area contributed by atoms with Crippen molar-refractivity contribution in [3.8, 4) is 11.6 Å². The summed E-state index contributed by atoms with van der Waals surface area (Å²) in [6, 6.07) is 6.63. The van der Waals surface area contributed by atoms with Crippen molar-refractivity contribution < 1.29 is 10.2 Å². The van der Waals surface area contributed by atoms with Gasteiger partial charge < -0.3 is 15.9 Å². The van der Waals surface area contributed by atoms with E-state index in [1.807, 2.05) is 0 Å². The Morgan fingerprint density at radius 3 is 2.61 bits per heavy atom. The fourth-order valence-corrected chi connectivity index (χ4v) is 1.51. The highest BCUT2D eigenvalue weighted by molar-refractivity contribution is 7.80. The standard InChI is InChI=1S/C11H10N4O2S/c12-9-8(10(17)15-11(18)14-9)13-5-6-3-1-2-4-7(6)16/h1-5,16H,(H4,12,14,15,17,18). The van der Waals surface area contributed by atoms with Crippen molar-refractivity contribution in [3.05, 3.63) is 29.8 Å². The fourth-order valence-electron chi connectivity index (χ4n) is 1.30. The number of hydrogen-bond acceptors (Lipinski definition) is 7. The molecule has 0 radical (unpaired) electrons. The lowest BCUT2D eigenvalue weighted by molar-refractivity contribution is 0.448. The number of nitrogens with zero attached hydrogens (tertiary/aromatic N) is 3. The number of hydrogen-bond donors (Lipinski definition) is 4. The van der Waals surface area contributed by atoms with Gasteiger partial charge in [0.25, 0.3) is 0 Å². The molecular formula is C11H10N4O2S.